The van der Waals surface area contributed by atoms with Gasteiger partial charge in [0.1, 0.15) is 17.9 Å². The molecule has 8 heteroatoms. The zero-order valence-electron chi connectivity index (χ0n) is 12.1. The van der Waals surface area contributed by atoms with Crippen LogP contribution in [0.25, 0.3) is 11.2 Å². The number of fused-ring (bicyclic) bond motifs is 2. The molecule has 22 heavy (non-hydrogen) atoms. The lowest BCUT2D eigenvalue weighted by Gasteiger charge is -2.35. The van der Waals surface area contributed by atoms with Gasteiger partial charge in [0.15, 0.2) is 5.65 Å². The summed E-state index contributed by atoms with van der Waals surface area (Å²) >= 11 is 0. The Morgan fingerprint density at radius 1 is 1.27 bits per heavy atom. The van der Waals surface area contributed by atoms with E-state index in [0.29, 0.717) is 17.1 Å². The first-order valence-electron chi connectivity index (χ1n) is 7.63. The van der Waals surface area contributed by atoms with Gasteiger partial charge in [0.25, 0.3) is 6.43 Å². The van der Waals surface area contributed by atoms with Gasteiger partial charge in [-0.2, -0.15) is 5.10 Å². The zero-order valence-corrected chi connectivity index (χ0v) is 12.1. The smallest absolute Gasteiger partial charge is 0.258 e. The summed E-state index contributed by atoms with van der Waals surface area (Å²) in [4.78, 5) is 11.1. The van der Waals surface area contributed by atoms with Crippen LogP contribution < -0.4 is 10.2 Å². The van der Waals surface area contributed by atoms with Crippen molar-refractivity contribution in [3.63, 3.8) is 0 Å². The van der Waals surface area contributed by atoms with Crippen molar-refractivity contribution < 1.29 is 8.78 Å². The Bertz CT molecular complexity index is 672. The van der Waals surface area contributed by atoms with Crippen molar-refractivity contribution in [3.8, 4) is 0 Å². The molecule has 0 amide bonds. The molecular formula is C14H18F2N6. The molecule has 4 rings (SSSR count). The molecule has 2 aromatic rings. The van der Waals surface area contributed by atoms with Crippen molar-refractivity contribution in [2.45, 2.75) is 19.4 Å². The molecule has 2 saturated heterocycles. The summed E-state index contributed by atoms with van der Waals surface area (Å²) in [5.41, 5.74) is 0.992. The molecule has 2 aliphatic rings. The number of nitrogens with zero attached hydrogens (tertiary/aromatic N) is 5. The van der Waals surface area contributed by atoms with Crippen molar-refractivity contribution in [1.29, 1.82) is 0 Å². The molecule has 6 nitrogen and oxygen atoms in total. The maximum absolute atomic E-state index is 12.6. The molecule has 4 heterocycles. The third kappa shape index (κ3) is 2.41. The Morgan fingerprint density at radius 2 is 2.14 bits per heavy atom. The molecule has 0 radical (unpaired) electrons. The normalized spacial score (nSPS) is 25.1. The summed E-state index contributed by atoms with van der Waals surface area (Å²) in [6.07, 6.45) is 1.89. The summed E-state index contributed by atoms with van der Waals surface area (Å²) in [6.45, 7) is 3.58. The first-order chi connectivity index (χ1) is 10.7. The third-order valence-corrected chi connectivity index (χ3v) is 4.67. The van der Waals surface area contributed by atoms with Crippen LogP contribution in [0.4, 0.5) is 14.6 Å². The number of nitrogens with one attached hydrogen (secondary N) is 1. The molecule has 0 aromatic carbocycles. The summed E-state index contributed by atoms with van der Waals surface area (Å²) in [6, 6.07) is 0. The first kappa shape index (κ1) is 13.8. The Balaban J connectivity index is 1.61. The fraction of sp³-hybridized carbons (Fsp3) is 0.643. The van der Waals surface area contributed by atoms with E-state index in [9.17, 15) is 8.78 Å². The molecule has 0 spiro atoms. The van der Waals surface area contributed by atoms with E-state index in [2.05, 4.69) is 25.3 Å². The maximum atomic E-state index is 12.6. The molecule has 2 atom stereocenters. The van der Waals surface area contributed by atoms with Crippen LogP contribution in [0.1, 0.15) is 6.42 Å². The molecular weight excluding hydrogens is 290 g/mol. The van der Waals surface area contributed by atoms with Gasteiger partial charge in [-0.3, -0.25) is 0 Å². The Kier molecular flexibility index (Phi) is 3.40. The quantitative estimate of drug-likeness (QED) is 0.921. The number of alkyl halides is 2. The number of piperidine rings is 1. The number of hydrogen-bond acceptors (Lipinski definition) is 5. The SMILES string of the molecule is FC(F)Cn1ncc2ncc(N3CC[C@@H]4CNC[C@@H]4C3)nc21. The maximum Gasteiger partial charge on any atom is 0.258 e. The predicted molar refractivity (Wildman–Crippen MR) is 78.0 cm³/mol. The van der Waals surface area contributed by atoms with Crippen LogP contribution in [0.2, 0.25) is 0 Å². The average Bonchev–Trinajstić information content (AvgIpc) is 3.12. The zero-order chi connectivity index (χ0) is 15.1. The van der Waals surface area contributed by atoms with Gasteiger partial charge in [-0.25, -0.2) is 23.4 Å². The van der Waals surface area contributed by atoms with Crippen LogP contribution in [-0.4, -0.2) is 52.4 Å². The summed E-state index contributed by atoms with van der Waals surface area (Å²) in [7, 11) is 0. The number of hydrogen-bond donors (Lipinski definition) is 1. The summed E-state index contributed by atoms with van der Waals surface area (Å²) in [5, 5.41) is 7.39. The molecule has 2 fully saturated rings. The third-order valence-electron chi connectivity index (χ3n) is 4.67. The molecule has 0 bridgehead atoms. The minimum atomic E-state index is -2.45. The van der Waals surface area contributed by atoms with Crippen LogP contribution in [-0.2, 0) is 6.54 Å². The van der Waals surface area contributed by atoms with E-state index < -0.39 is 13.0 Å². The van der Waals surface area contributed by atoms with Gasteiger partial charge in [-0.1, -0.05) is 0 Å². The monoisotopic (exact) mass is 308 g/mol. The van der Waals surface area contributed by atoms with Crippen molar-refractivity contribution in [2.24, 2.45) is 11.8 Å². The van der Waals surface area contributed by atoms with Gasteiger partial charge in [-0.05, 0) is 31.3 Å². The highest BCUT2D eigenvalue weighted by Gasteiger charge is 2.33. The fourth-order valence-electron chi connectivity index (χ4n) is 3.50. The van der Waals surface area contributed by atoms with Crippen LogP contribution >= 0.6 is 0 Å². The second-order valence-electron chi connectivity index (χ2n) is 6.07. The van der Waals surface area contributed by atoms with E-state index in [1.54, 1.807) is 6.20 Å². The standard InChI is InChI=1S/C14H18F2N6/c15-12(16)8-22-14-11(5-19-22)18-6-13(20-14)21-2-1-9-3-17-4-10(9)7-21/h5-6,9-10,12,17H,1-4,7-8H2/t9-,10-/m1/s1. The highest BCUT2D eigenvalue weighted by molar-refractivity contribution is 5.71. The summed E-state index contributed by atoms with van der Waals surface area (Å²) < 4.78 is 26.4. The lowest BCUT2D eigenvalue weighted by molar-refractivity contribution is 0.123. The van der Waals surface area contributed by atoms with Crippen LogP contribution in [0.15, 0.2) is 12.4 Å². The van der Waals surface area contributed by atoms with Crippen LogP contribution in [0.3, 0.4) is 0 Å². The minimum absolute atomic E-state index is 0.435. The Morgan fingerprint density at radius 3 is 3.00 bits per heavy atom. The van der Waals surface area contributed by atoms with Gasteiger partial charge >= 0.3 is 0 Å². The van der Waals surface area contributed by atoms with Gasteiger partial charge in [0.2, 0.25) is 0 Å². The van der Waals surface area contributed by atoms with Crippen LogP contribution in [0.5, 0.6) is 0 Å². The first-order valence-corrected chi connectivity index (χ1v) is 7.63. The van der Waals surface area contributed by atoms with Gasteiger partial charge in [0, 0.05) is 13.1 Å². The van der Waals surface area contributed by atoms with Crippen molar-refractivity contribution in [2.75, 3.05) is 31.1 Å². The van der Waals surface area contributed by atoms with E-state index in [1.807, 2.05) is 0 Å². The lowest BCUT2D eigenvalue weighted by Crippen LogP contribution is -2.40. The molecule has 118 valence electrons. The second-order valence-corrected chi connectivity index (χ2v) is 6.07. The number of rotatable bonds is 3. The van der Waals surface area contributed by atoms with E-state index in [0.717, 1.165) is 44.3 Å². The lowest BCUT2D eigenvalue weighted by atomic mass is 9.89. The van der Waals surface area contributed by atoms with E-state index in [1.165, 1.54) is 10.9 Å². The molecule has 0 aliphatic carbocycles. The van der Waals surface area contributed by atoms with Gasteiger partial charge < -0.3 is 10.2 Å². The van der Waals surface area contributed by atoms with Crippen LogP contribution in [0, 0.1) is 11.8 Å². The Hall–Kier alpha value is -1.83. The number of aromatic nitrogens is 4. The topological polar surface area (TPSA) is 58.9 Å². The molecule has 0 saturated carbocycles. The summed E-state index contributed by atoms with van der Waals surface area (Å²) in [5.74, 6) is 2.14. The number of anilines is 1. The average molecular weight is 308 g/mol. The van der Waals surface area contributed by atoms with Crippen molar-refractivity contribution in [3.05, 3.63) is 12.4 Å². The second kappa shape index (κ2) is 5.42. The molecule has 2 aliphatic heterocycles. The van der Waals surface area contributed by atoms with Crippen molar-refractivity contribution >= 4 is 17.0 Å². The predicted octanol–water partition coefficient (Wildman–Crippen LogP) is 1.14. The number of halogens is 2. The highest BCUT2D eigenvalue weighted by atomic mass is 19.3. The van der Waals surface area contributed by atoms with Crippen molar-refractivity contribution in [1.82, 2.24) is 25.1 Å². The van der Waals surface area contributed by atoms with E-state index >= 15 is 0 Å². The molecule has 2 aromatic heterocycles. The van der Waals surface area contributed by atoms with E-state index in [4.69, 9.17) is 0 Å². The van der Waals surface area contributed by atoms with Gasteiger partial charge in [0.05, 0.1) is 12.4 Å². The largest absolute Gasteiger partial charge is 0.355 e. The molecule has 1 N–H and O–H groups in total. The highest BCUT2D eigenvalue weighted by Crippen LogP contribution is 2.29. The molecule has 0 unspecified atom stereocenters. The van der Waals surface area contributed by atoms with Gasteiger partial charge in [-0.15, -0.1) is 0 Å². The fourth-order valence-corrected chi connectivity index (χ4v) is 3.50. The van der Waals surface area contributed by atoms with E-state index in [-0.39, 0.29) is 0 Å². The minimum Gasteiger partial charge on any atom is -0.355 e. The Labute approximate surface area is 126 Å².